The average molecular weight is 255 g/mol. The largest absolute Gasteiger partial charge is 0.454 e. The van der Waals surface area contributed by atoms with Crippen LogP contribution in [0.2, 0.25) is 0 Å². The zero-order chi connectivity index (χ0) is 13.2. The Balaban J connectivity index is 2.05. The Bertz CT molecular complexity index is 731. The van der Waals surface area contributed by atoms with E-state index in [0.717, 1.165) is 10.2 Å². The van der Waals surface area contributed by atoms with Crippen LogP contribution < -0.4 is 15.0 Å². The van der Waals surface area contributed by atoms with Gasteiger partial charge in [-0.05, 0) is 24.3 Å². The van der Waals surface area contributed by atoms with Crippen molar-refractivity contribution in [1.82, 2.24) is 9.78 Å². The molecule has 6 heteroatoms. The van der Waals surface area contributed by atoms with Gasteiger partial charge >= 0.3 is 0 Å². The summed E-state index contributed by atoms with van der Waals surface area (Å²) in [5.74, 6) is 1.34. The Morgan fingerprint density at radius 3 is 2.95 bits per heavy atom. The Hall–Kier alpha value is -2.81. The number of aromatic nitrogens is 2. The topological polar surface area (TPSA) is 77.1 Å². The van der Waals surface area contributed by atoms with Crippen LogP contribution in [0.1, 0.15) is 0 Å². The molecule has 19 heavy (non-hydrogen) atoms. The molecule has 0 atom stereocenters. The number of nitriles is 1. The molecule has 0 spiro atoms. The maximum Gasteiger partial charge on any atom is 0.267 e. The molecule has 0 amide bonds. The molecule has 1 aliphatic heterocycles. The van der Waals surface area contributed by atoms with Crippen LogP contribution in [0.3, 0.4) is 0 Å². The van der Waals surface area contributed by atoms with Gasteiger partial charge in [-0.3, -0.25) is 4.79 Å². The second-order valence-electron chi connectivity index (χ2n) is 3.94. The Kier molecular flexibility index (Phi) is 2.65. The average Bonchev–Trinajstić information content (AvgIpc) is 2.89. The highest BCUT2D eigenvalue weighted by atomic mass is 16.7. The van der Waals surface area contributed by atoms with Crippen LogP contribution >= 0.6 is 0 Å². The van der Waals surface area contributed by atoms with Crippen molar-refractivity contribution in [2.24, 2.45) is 0 Å². The Morgan fingerprint density at radius 1 is 1.26 bits per heavy atom. The molecule has 6 nitrogen and oxygen atoms in total. The smallest absolute Gasteiger partial charge is 0.267 e. The summed E-state index contributed by atoms with van der Waals surface area (Å²) in [5.41, 5.74) is 1.11. The number of rotatable bonds is 2. The lowest BCUT2D eigenvalue weighted by molar-refractivity contribution is 0.174. The number of ether oxygens (including phenoxy) is 2. The van der Waals surface area contributed by atoms with E-state index in [0.29, 0.717) is 17.2 Å². The number of hydrogen-bond donors (Lipinski definition) is 0. The first-order chi connectivity index (χ1) is 9.28. The second-order valence-corrected chi connectivity index (χ2v) is 3.94. The third-order valence-electron chi connectivity index (χ3n) is 2.76. The minimum atomic E-state index is -0.300. The first-order valence-corrected chi connectivity index (χ1v) is 5.63. The summed E-state index contributed by atoms with van der Waals surface area (Å²) >= 11 is 0. The first-order valence-electron chi connectivity index (χ1n) is 5.63. The third-order valence-corrected chi connectivity index (χ3v) is 2.76. The van der Waals surface area contributed by atoms with Gasteiger partial charge in [-0.15, -0.1) is 0 Å². The summed E-state index contributed by atoms with van der Waals surface area (Å²) in [7, 11) is 0. The number of nitrogens with zero attached hydrogens (tertiary/aromatic N) is 3. The van der Waals surface area contributed by atoms with Crippen LogP contribution in [0.5, 0.6) is 11.5 Å². The van der Waals surface area contributed by atoms with Crippen LogP contribution in [0.25, 0.3) is 11.3 Å². The van der Waals surface area contributed by atoms with Crippen molar-refractivity contribution in [2.75, 3.05) is 6.79 Å². The molecule has 0 fully saturated rings. The molecule has 1 aromatic heterocycles. The van der Waals surface area contributed by atoms with Crippen molar-refractivity contribution in [1.29, 1.82) is 5.26 Å². The van der Waals surface area contributed by atoms with E-state index < -0.39 is 0 Å². The number of fused-ring (bicyclic) bond motifs is 1. The molecule has 2 heterocycles. The Morgan fingerprint density at radius 2 is 2.11 bits per heavy atom. The zero-order valence-corrected chi connectivity index (χ0v) is 9.87. The third kappa shape index (κ3) is 2.02. The van der Waals surface area contributed by atoms with Crippen LogP contribution in [0.4, 0.5) is 0 Å². The lowest BCUT2D eigenvalue weighted by atomic mass is 10.1. The lowest BCUT2D eigenvalue weighted by Gasteiger charge is -2.04. The minimum absolute atomic E-state index is 0.0722. The van der Waals surface area contributed by atoms with Crippen LogP contribution in [0, 0.1) is 11.3 Å². The monoisotopic (exact) mass is 255 g/mol. The van der Waals surface area contributed by atoms with Crippen molar-refractivity contribution in [3.63, 3.8) is 0 Å². The van der Waals surface area contributed by atoms with E-state index in [-0.39, 0.29) is 18.9 Å². The zero-order valence-electron chi connectivity index (χ0n) is 9.87. The molecule has 3 rings (SSSR count). The van der Waals surface area contributed by atoms with E-state index >= 15 is 0 Å². The van der Waals surface area contributed by atoms with Crippen molar-refractivity contribution in [2.45, 2.75) is 6.54 Å². The van der Waals surface area contributed by atoms with E-state index in [1.54, 1.807) is 18.2 Å². The molecule has 94 valence electrons. The predicted octanol–water partition coefficient (Wildman–Crippen LogP) is 1.16. The molecular formula is C13H9N3O3. The highest BCUT2D eigenvalue weighted by molar-refractivity contribution is 5.63. The van der Waals surface area contributed by atoms with Crippen molar-refractivity contribution in [3.8, 4) is 28.8 Å². The molecule has 0 aliphatic carbocycles. The van der Waals surface area contributed by atoms with Gasteiger partial charge in [0.05, 0.1) is 11.8 Å². The summed E-state index contributed by atoms with van der Waals surface area (Å²) in [5, 5.41) is 12.8. The standard InChI is InChI=1S/C13H9N3O3/c14-5-6-16-13(17)4-2-10(15-16)9-1-3-11-12(7-9)19-8-18-11/h1-4,7H,6,8H2. The molecule has 0 radical (unpaired) electrons. The van der Waals surface area contributed by atoms with Gasteiger partial charge in [-0.2, -0.15) is 10.4 Å². The van der Waals surface area contributed by atoms with E-state index in [9.17, 15) is 4.79 Å². The lowest BCUT2D eigenvalue weighted by Crippen LogP contribution is -2.21. The highest BCUT2D eigenvalue weighted by Gasteiger charge is 2.14. The van der Waals surface area contributed by atoms with Crippen LogP contribution in [0.15, 0.2) is 35.1 Å². The van der Waals surface area contributed by atoms with E-state index in [2.05, 4.69) is 5.10 Å². The van der Waals surface area contributed by atoms with Gasteiger partial charge < -0.3 is 9.47 Å². The van der Waals surface area contributed by atoms with E-state index in [1.807, 2.05) is 12.1 Å². The van der Waals surface area contributed by atoms with Crippen LogP contribution in [-0.4, -0.2) is 16.6 Å². The van der Waals surface area contributed by atoms with Gasteiger partial charge in [-0.1, -0.05) is 0 Å². The molecule has 0 unspecified atom stereocenters. The number of benzene rings is 1. The Labute approximate surface area is 108 Å². The van der Waals surface area contributed by atoms with Crippen LogP contribution in [-0.2, 0) is 6.54 Å². The summed E-state index contributed by atoms with van der Waals surface area (Å²) in [6.07, 6.45) is 0. The molecule has 1 aliphatic rings. The van der Waals surface area contributed by atoms with Crippen molar-refractivity contribution >= 4 is 0 Å². The van der Waals surface area contributed by atoms with E-state index in [1.165, 1.54) is 6.07 Å². The van der Waals surface area contributed by atoms with Gasteiger partial charge in [0, 0.05) is 11.6 Å². The fraction of sp³-hybridized carbons (Fsp3) is 0.154. The molecular weight excluding hydrogens is 246 g/mol. The van der Waals surface area contributed by atoms with Gasteiger partial charge in [0.1, 0.15) is 6.54 Å². The fourth-order valence-electron chi connectivity index (χ4n) is 1.84. The minimum Gasteiger partial charge on any atom is -0.454 e. The maximum absolute atomic E-state index is 11.5. The quantitative estimate of drug-likeness (QED) is 0.804. The number of hydrogen-bond acceptors (Lipinski definition) is 5. The SMILES string of the molecule is N#CCn1nc(-c2ccc3c(c2)OCO3)ccc1=O. The summed E-state index contributed by atoms with van der Waals surface area (Å²) in [6, 6.07) is 10.3. The maximum atomic E-state index is 11.5. The van der Waals surface area contributed by atoms with Gasteiger partial charge in [0.15, 0.2) is 11.5 Å². The van der Waals surface area contributed by atoms with Gasteiger partial charge in [0.25, 0.3) is 5.56 Å². The molecule has 0 N–H and O–H groups in total. The molecule has 0 saturated carbocycles. The summed E-state index contributed by atoms with van der Waals surface area (Å²) in [4.78, 5) is 11.5. The van der Waals surface area contributed by atoms with Crippen molar-refractivity contribution < 1.29 is 9.47 Å². The predicted molar refractivity (Wildman–Crippen MR) is 65.7 cm³/mol. The normalized spacial score (nSPS) is 12.2. The molecule has 1 aromatic carbocycles. The fourth-order valence-corrected chi connectivity index (χ4v) is 1.84. The highest BCUT2D eigenvalue weighted by Crippen LogP contribution is 2.35. The first kappa shape index (κ1) is 11.3. The summed E-state index contributed by atoms with van der Waals surface area (Å²) < 4.78 is 11.6. The second kappa shape index (κ2) is 4.46. The molecule has 0 saturated heterocycles. The summed E-state index contributed by atoms with van der Waals surface area (Å²) in [6.45, 7) is 0.136. The van der Waals surface area contributed by atoms with E-state index in [4.69, 9.17) is 14.7 Å². The molecule has 2 aromatic rings. The van der Waals surface area contributed by atoms with Gasteiger partial charge in [-0.25, -0.2) is 4.68 Å². The van der Waals surface area contributed by atoms with Gasteiger partial charge in [0.2, 0.25) is 6.79 Å². The van der Waals surface area contributed by atoms with Crippen molar-refractivity contribution in [3.05, 3.63) is 40.7 Å². The molecule has 0 bridgehead atoms.